The van der Waals surface area contributed by atoms with Gasteiger partial charge in [0.1, 0.15) is 0 Å². The fourth-order valence-corrected chi connectivity index (χ4v) is 2.00. The van der Waals surface area contributed by atoms with Gasteiger partial charge in [0.2, 0.25) is 0 Å². The molecule has 0 aliphatic carbocycles. The van der Waals surface area contributed by atoms with Gasteiger partial charge < -0.3 is 10.6 Å². The van der Waals surface area contributed by atoms with Gasteiger partial charge in [0.05, 0.1) is 12.1 Å². The van der Waals surface area contributed by atoms with E-state index in [1.165, 1.54) is 0 Å². The fraction of sp³-hybridized carbons (Fsp3) is 0.471. The first-order valence-corrected chi connectivity index (χ1v) is 7.06. The number of hydrogen-bond donors (Lipinski definition) is 1. The van der Waals surface area contributed by atoms with Gasteiger partial charge in [-0.3, -0.25) is 4.79 Å². The van der Waals surface area contributed by atoms with E-state index in [1.807, 2.05) is 43.0 Å². The maximum Gasteiger partial charge on any atom is 0.255 e. The lowest BCUT2D eigenvalue weighted by Crippen LogP contribution is -2.39. The molecule has 0 aliphatic rings. The van der Waals surface area contributed by atoms with Crippen LogP contribution in [0, 0.1) is 17.8 Å². The zero-order valence-electron chi connectivity index (χ0n) is 12.8. The van der Waals surface area contributed by atoms with Gasteiger partial charge in [-0.2, -0.15) is 0 Å². The van der Waals surface area contributed by atoms with Gasteiger partial charge >= 0.3 is 0 Å². The number of rotatable bonds is 4. The first kappa shape index (κ1) is 16.3. The summed E-state index contributed by atoms with van der Waals surface area (Å²) in [4.78, 5) is 14.6. The van der Waals surface area contributed by atoms with Crippen molar-refractivity contribution in [3.05, 3.63) is 35.4 Å². The average Bonchev–Trinajstić information content (AvgIpc) is 2.41. The number of nitrogens with zero attached hydrogens (tertiary/aromatic N) is 1. The molecule has 2 N–H and O–H groups in total. The second-order valence-electron chi connectivity index (χ2n) is 5.50. The van der Waals surface area contributed by atoms with E-state index < -0.39 is 0 Å². The molecular weight excluding hydrogens is 248 g/mol. The van der Waals surface area contributed by atoms with Crippen LogP contribution in [0.3, 0.4) is 0 Å². The molecule has 20 heavy (non-hydrogen) atoms. The SMILES string of the molecule is CC(C)CN(C(=O)c1ccccc1C#CCN)C(C)C. The zero-order chi connectivity index (χ0) is 15.1. The highest BCUT2D eigenvalue weighted by Crippen LogP contribution is 2.14. The Morgan fingerprint density at radius 3 is 2.45 bits per heavy atom. The molecule has 0 aromatic heterocycles. The van der Waals surface area contributed by atoms with Crippen LogP contribution in [0.1, 0.15) is 43.6 Å². The zero-order valence-corrected chi connectivity index (χ0v) is 12.8. The van der Waals surface area contributed by atoms with Crippen molar-refractivity contribution in [3.8, 4) is 11.8 Å². The Kier molecular flexibility index (Phi) is 6.27. The third-order valence-electron chi connectivity index (χ3n) is 2.93. The highest BCUT2D eigenvalue weighted by Gasteiger charge is 2.21. The maximum atomic E-state index is 12.7. The third-order valence-corrected chi connectivity index (χ3v) is 2.93. The monoisotopic (exact) mass is 272 g/mol. The Morgan fingerprint density at radius 2 is 1.90 bits per heavy atom. The van der Waals surface area contributed by atoms with Gasteiger partial charge in [-0.25, -0.2) is 0 Å². The highest BCUT2D eigenvalue weighted by molar-refractivity contribution is 5.97. The lowest BCUT2D eigenvalue weighted by molar-refractivity contribution is 0.0681. The third kappa shape index (κ3) is 4.40. The summed E-state index contributed by atoms with van der Waals surface area (Å²) in [5, 5.41) is 0. The van der Waals surface area contributed by atoms with Crippen LogP contribution in [-0.4, -0.2) is 29.9 Å². The Morgan fingerprint density at radius 1 is 1.25 bits per heavy atom. The number of nitrogens with two attached hydrogens (primary N) is 1. The smallest absolute Gasteiger partial charge is 0.255 e. The molecule has 0 saturated heterocycles. The van der Waals surface area contributed by atoms with Crippen LogP contribution in [0.25, 0.3) is 0 Å². The molecule has 1 aromatic carbocycles. The summed E-state index contributed by atoms with van der Waals surface area (Å²) in [6.07, 6.45) is 0. The minimum atomic E-state index is 0.0376. The summed E-state index contributed by atoms with van der Waals surface area (Å²) >= 11 is 0. The standard InChI is InChI=1S/C17H24N2O/c1-13(2)12-19(14(3)4)17(20)16-10-6-5-8-15(16)9-7-11-18/h5-6,8,10,13-14H,11-12,18H2,1-4H3. The van der Waals surface area contributed by atoms with Crippen molar-refractivity contribution < 1.29 is 4.79 Å². The molecule has 0 saturated carbocycles. The number of carbonyl (C=O) groups is 1. The summed E-state index contributed by atoms with van der Waals surface area (Å²) in [7, 11) is 0. The Bertz CT molecular complexity index is 509. The van der Waals surface area contributed by atoms with Crippen molar-refractivity contribution >= 4 is 5.91 Å². The molecule has 3 nitrogen and oxygen atoms in total. The van der Waals surface area contributed by atoms with Crippen LogP contribution >= 0.6 is 0 Å². The van der Waals surface area contributed by atoms with Crippen LogP contribution in [0.5, 0.6) is 0 Å². The molecule has 0 aliphatic heterocycles. The summed E-state index contributed by atoms with van der Waals surface area (Å²) in [5.41, 5.74) is 6.81. The van der Waals surface area contributed by atoms with Crippen LogP contribution < -0.4 is 5.73 Å². The minimum Gasteiger partial charge on any atom is -0.336 e. The van der Waals surface area contributed by atoms with E-state index in [4.69, 9.17) is 5.73 Å². The van der Waals surface area contributed by atoms with Crippen LogP contribution in [0.2, 0.25) is 0 Å². The van der Waals surface area contributed by atoms with E-state index in [2.05, 4.69) is 25.7 Å². The first-order chi connectivity index (χ1) is 9.47. The fourth-order valence-electron chi connectivity index (χ4n) is 2.00. The maximum absolute atomic E-state index is 12.7. The predicted molar refractivity (Wildman–Crippen MR) is 83.4 cm³/mol. The molecule has 1 rings (SSSR count). The van der Waals surface area contributed by atoms with Crippen molar-refractivity contribution in [2.24, 2.45) is 11.7 Å². The van der Waals surface area contributed by atoms with Crippen molar-refractivity contribution in [2.75, 3.05) is 13.1 Å². The molecule has 0 atom stereocenters. The molecule has 0 radical (unpaired) electrons. The molecular formula is C17H24N2O. The molecule has 0 fully saturated rings. The molecule has 3 heteroatoms. The Balaban J connectivity index is 3.11. The number of carbonyl (C=O) groups excluding carboxylic acids is 1. The van der Waals surface area contributed by atoms with Crippen LogP contribution in [0.4, 0.5) is 0 Å². The largest absolute Gasteiger partial charge is 0.336 e. The minimum absolute atomic E-state index is 0.0376. The van der Waals surface area contributed by atoms with E-state index >= 15 is 0 Å². The van der Waals surface area contributed by atoms with Gasteiger partial charge in [0.15, 0.2) is 0 Å². The van der Waals surface area contributed by atoms with Gasteiger partial charge in [0, 0.05) is 18.2 Å². The normalized spacial score (nSPS) is 10.3. The van der Waals surface area contributed by atoms with Crippen molar-refractivity contribution in [1.82, 2.24) is 4.90 Å². The highest BCUT2D eigenvalue weighted by atomic mass is 16.2. The summed E-state index contributed by atoms with van der Waals surface area (Å²) in [6.45, 7) is 9.34. The van der Waals surface area contributed by atoms with Gasteiger partial charge in [-0.05, 0) is 31.9 Å². The van der Waals surface area contributed by atoms with Crippen molar-refractivity contribution in [2.45, 2.75) is 33.7 Å². The quantitative estimate of drug-likeness (QED) is 0.856. The molecule has 108 valence electrons. The summed E-state index contributed by atoms with van der Waals surface area (Å²) in [5.74, 6) is 6.27. The second kappa shape index (κ2) is 7.72. The van der Waals surface area contributed by atoms with Gasteiger partial charge in [-0.15, -0.1) is 0 Å². The number of benzene rings is 1. The molecule has 0 spiro atoms. The topological polar surface area (TPSA) is 46.3 Å². The number of amides is 1. The lowest BCUT2D eigenvalue weighted by Gasteiger charge is -2.29. The Hall–Kier alpha value is -1.79. The van der Waals surface area contributed by atoms with Gasteiger partial charge in [-0.1, -0.05) is 37.8 Å². The molecule has 0 heterocycles. The second-order valence-corrected chi connectivity index (χ2v) is 5.50. The van der Waals surface area contributed by atoms with E-state index in [0.717, 1.165) is 12.1 Å². The van der Waals surface area contributed by atoms with Gasteiger partial charge in [0.25, 0.3) is 5.91 Å². The van der Waals surface area contributed by atoms with Crippen molar-refractivity contribution in [3.63, 3.8) is 0 Å². The van der Waals surface area contributed by atoms with Crippen molar-refractivity contribution in [1.29, 1.82) is 0 Å². The molecule has 0 bridgehead atoms. The first-order valence-electron chi connectivity index (χ1n) is 7.06. The average molecular weight is 272 g/mol. The molecule has 0 unspecified atom stereocenters. The van der Waals surface area contributed by atoms with E-state index in [1.54, 1.807) is 0 Å². The summed E-state index contributed by atoms with van der Waals surface area (Å²) in [6, 6.07) is 7.62. The molecule has 1 aromatic rings. The van der Waals surface area contributed by atoms with E-state index in [0.29, 0.717) is 18.0 Å². The predicted octanol–water partition coefficient (Wildman–Crippen LogP) is 2.50. The molecule has 1 amide bonds. The lowest BCUT2D eigenvalue weighted by atomic mass is 10.0. The van der Waals surface area contributed by atoms with Crippen LogP contribution in [-0.2, 0) is 0 Å². The Labute approximate surface area is 122 Å². The summed E-state index contributed by atoms with van der Waals surface area (Å²) < 4.78 is 0. The van der Waals surface area contributed by atoms with Crippen LogP contribution in [0.15, 0.2) is 24.3 Å². The van der Waals surface area contributed by atoms with E-state index in [9.17, 15) is 4.79 Å². The number of hydrogen-bond acceptors (Lipinski definition) is 2. The van der Waals surface area contributed by atoms with E-state index in [-0.39, 0.29) is 11.9 Å².